The van der Waals surface area contributed by atoms with Crippen LogP contribution in [0.5, 0.6) is 0 Å². The zero-order valence-electron chi connectivity index (χ0n) is 5.88. The Morgan fingerprint density at radius 3 is 2.33 bits per heavy atom. The molecule has 0 aliphatic rings. The summed E-state index contributed by atoms with van der Waals surface area (Å²) in [5, 5.41) is 1.09. The lowest BCUT2D eigenvalue weighted by Crippen LogP contribution is -2.21. The van der Waals surface area contributed by atoms with E-state index in [9.17, 15) is 4.79 Å². The molecule has 0 aliphatic carbocycles. The Bertz CT molecular complexity index is 135. The predicted octanol–water partition coefficient (Wildman–Crippen LogP) is 0.930. The van der Waals surface area contributed by atoms with Gasteiger partial charge in [-0.25, -0.2) is 5.06 Å². The van der Waals surface area contributed by atoms with Gasteiger partial charge in [-0.3, -0.25) is 9.63 Å². The number of carbonyl (C=O) groups is 1. The van der Waals surface area contributed by atoms with E-state index in [1.54, 1.807) is 13.3 Å². The molecule has 0 heterocycles. The molecule has 9 heavy (non-hydrogen) atoms. The molecule has 0 rings (SSSR count). The van der Waals surface area contributed by atoms with Gasteiger partial charge in [0.1, 0.15) is 0 Å². The number of carbonyl (C=O) groups excluding carboxylic acids is 1. The standard InChI is InChI=1S/C5H11NO2S/c1-6(8-2)5(7)9(3)4/h3H2,1-2,4H3. The van der Waals surface area contributed by atoms with Gasteiger partial charge in [-0.05, 0) is 6.26 Å². The first-order valence-electron chi connectivity index (χ1n) is 2.37. The van der Waals surface area contributed by atoms with Gasteiger partial charge in [0.05, 0.1) is 7.11 Å². The first-order valence-corrected chi connectivity index (χ1v) is 4.17. The van der Waals surface area contributed by atoms with E-state index in [-0.39, 0.29) is 5.24 Å². The highest BCUT2D eigenvalue weighted by Gasteiger charge is 2.05. The van der Waals surface area contributed by atoms with Crippen LogP contribution in [-0.4, -0.2) is 36.6 Å². The molecular formula is C5H11NO2S. The third kappa shape index (κ3) is 2.62. The molecule has 0 aliphatic heterocycles. The number of hydrogen-bond acceptors (Lipinski definition) is 2. The summed E-state index contributed by atoms with van der Waals surface area (Å²) in [5.41, 5.74) is 0. The Hall–Kier alpha value is -0.350. The summed E-state index contributed by atoms with van der Waals surface area (Å²) < 4.78 is 0. The highest BCUT2D eigenvalue weighted by molar-refractivity contribution is 8.26. The molecule has 0 aromatic rings. The van der Waals surface area contributed by atoms with Crippen LogP contribution in [0.2, 0.25) is 0 Å². The van der Waals surface area contributed by atoms with Crippen LogP contribution in [-0.2, 0) is 4.84 Å². The van der Waals surface area contributed by atoms with E-state index in [0.29, 0.717) is 0 Å². The Morgan fingerprint density at radius 1 is 1.78 bits per heavy atom. The topological polar surface area (TPSA) is 29.5 Å². The van der Waals surface area contributed by atoms with Crippen molar-refractivity contribution in [3.05, 3.63) is 0 Å². The minimum Gasteiger partial charge on any atom is -0.274 e. The SMILES string of the molecule is C=S(C)C(=O)N(C)OC. The lowest BCUT2D eigenvalue weighted by Gasteiger charge is -2.12. The molecule has 0 saturated carbocycles. The third-order valence-corrected chi connectivity index (χ3v) is 1.68. The van der Waals surface area contributed by atoms with Gasteiger partial charge in [0.25, 0.3) is 5.24 Å². The number of rotatable bonds is 1. The van der Waals surface area contributed by atoms with Crippen molar-refractivity contribution in [3.8, 4) is 0 Å². The smallest absolute Gasteiger partial charge is 0.274 e. The van der Waals surface area contributed by atoms with E-state index in [4.69, 9.17) is 0 Å². The Morgan fingerprint density at radius 2 is 2.22 bits per heavy atom. The Balaban J connectivity index is 3.88. The van der Waals surface area contributed by atoms with Crippen LogP contribution in [0.3, 0.4) is 0 Å². The van der Waals surface area contributed by atoms with Crippen LogP contribution < -0.4 is 0 Å². The number of amides is 1. The van der Waals surface area contributed by atoms with Crippen LogP contribution in [0.1, 0.15) is 0 Å². The van der Waals surface area contributed by atoms with Crippen molar-refractivity contribution in [1.29, 1.82) is 0 Å². The maximum Gasteiger partial charge on any atom is 0.298 e. The van der Waals surface area contributed by atoms with Crippen molar-refractivity contribution in [2.24, 2.45) is 0 Å². The van der Waals surface area contributed by atoms with Gasteiger partial charge in [-0.1, -0.05) is 5.87 Å². The van der Waals surface area contributed by atoms with Gasteiger partial charge in [-0.2, -0.15) is 0 Å². The molecule has 0 bridgehead atoms. The molecular weight excluding hydrogens is 138 g/mol. The van der Waals surface area contributed by atoms with Crippen molar-refractivity contribution < 1.29 is 9.63 Å². The van der Waals surface area contributed by atoms with Gasteiger partial charge in [0.15, 0.2) is 0 Å². The zero-order chi connectivity index (χ0) is 7.44. The summed E-state index contributed by atoms with van der Waals surface area (Å²) >= 11 is 0. The normalized spacial score (nSPS) is 12.8. The van der Waals surface area contributed by atoms with Gasteiger partial charge >= 0.3 is 0 Å². The quantitative estimate of drug-likeness (QED) is 0.410. The van der Waals surface area contributed by atoms with Crippen LogP contribution in [0.15, 0.2) is 0 Å². The minimum atomic E-state index is -0.478. The lowest BCUT2D eigenvalue weighted by molar-refractivity contribution is -0.0548. The average Bonchev–Trinajstić information content (AvgIpc) is 1.84. The monoisotopic (exact) mass is 149 g/mol. The lowest BCUT2D eigenvalue weighted by atomic mass is 11.2. The second kappa shape index (κ2) is 3.63. The largest absolute Gasteiger partial charge is 0.298 e. The van der Waals surface area contributed by atoms with E-state index in [1.165, 1.54) is 12.2 Å². The van der Waals surface area contributed by atoms with E-state index in [2.05, 4.69) is 10.7 Å². The van der Waals surface area contributed by atoms with Crippen molar-refractivity contribution in [2.45, 2.75) is 0 Å². The van der Waals surface area contributed by atoms with Crippen molar-refractivity contribution in [2.75, 3.05) is 20.4 Å². The van der Waals surface area contributed by atoms with Crippen molar-refractivity contribution in [3.63, 3.8) is 0 Å². The number of nitrogens with zero attached hydrogens (tertiary/aromatic N) is 1. The van der Waals surface area contributed by atoms with Crippen molar-refractivity contribution in [1.82, 2.24) is 5.06 Å². The van der Waals surface area contributed by atoms with E-state index in [1.807, 2.05) is 0 Å². The van der Waals surface area contributed by atoms with Crippen molar-refractivity contribution >= 4 is 21.6 Å². The molecule has 54 valence electrons. The van der Waals surface area contributed by atoms with Crippen LogP contribution >= 0.6 is 10.5 Å². The van der Waals surface area contributed by atoms with Crippen LogP contribution in [0, 0.1) is 0 Å². The van der Waals surface area contributed by atoms with Gasteiger partial charge in [-0.15, -0.1) is 10.5 Å². The molecule has 0 fully saturated rings. The molecule has 3 nitrogen and oxygen atoms in total. The fraction of sp³-hybridized carbons (Fsp3) is 0.600. The minimum absolute atomic E-state index is 0.0856. The predicted molar refractivity (Wildman–Crippen MR) is 40.8 cm³/mol. The zero-order valence-corrected chi connectivity index (χ0v) is 6.70. The van der Waals surface area contributed by atoms with E-state index in [0.717, 1.165) is 0 Å². The fourth-order valence-electron chi connectivity index (χ4n) is 0.294. The summed E-state index contributed by atoms with van der Waals surface area (Å²) in [6.07, 6.45) is 1.75. The van der Waals surface area contributed by atoms with Gasteiger partial charge in [0.2, 0.25) is 0 Å². The second-order valence-corrected chi connectivity index (χ2v) is 3.21. The summed E-state index contributed by atoms with van der Waals surface area (Å²) in [6.45, 7) is 0. The van der Waals surface area contributed by atoms with Gasteiger partial charge < -0.3 is 0 Å². The molecule has 0 radical (unpaired) electrons. The average molecular weight is 149 g/mol. The summed E-state index contributed by atoms with van der Waals surface area (Å²) in [4.78, 5) is 15.4. The molecule has 1 amide bonds. The fourth-order valence-corrected chi connectivity index (χ4v) is 0.807. The summed E-state index contributed by atoms with van der Waals surface area (Å²) in [7, 11) is 2.54. The second-order valence-electron chi connectivity index (χ2n) is 1.58. The summed E-state index contributed by atoms with van der Waals surface area (Å²) in [5.74, 6) is 3.56. The molecule has 0 aromatic heterocycles. The number of hydroxylamine groups is 2. The summed E-state index contributed by atoms with van der Waals surface area (Å²) in [6, 6.07) is 0. The third-order valence-electron chi connectivity index (χ3n) is 0.829. The highest BCUT2D eigenvalue weighted by atomic mass is 32.2. The molecule has 0 aromatic carbocycles. The van der Waals surface area contributed by atoms with E-state index < -0.39 is 10.5 Å². The van der Waals surface area contributed by atoms with Crippen LogP contribution in [0.25, 0.3) is 0 Å². The first kappa shape index (κ1) is 8.65. The molecule has 1 unspecified atom stereocenters. The maximum atomic E-state index is 10.8. The molecule has 4 heteroatoms. The number of hydrogen-bond donors (Lipinski definition) is 0. The van der Waals surface area contributed by atoms with E-state index >= 15 is 0 Å². The maximum absolute atomic E-state index is 10.8. The Kier molecular flexibility index (Phi) is 3.49. The highest BCUT2D eigenvalue weighted by Crippen LogP contribution is 2.07. The van der Waals surface area contributed by atoms with Crippen LogP contribution in [0.4, 0.5) is 4.79 Å². The molecule has 0 saturated heterocycles. The Labute approximate surface area is 57.5 Å². The molecule has 0 N–H and O–H groups in total. The molecule has 0 spiro atoms. The molecule has 1 atom stereocenters. The van der Waals surface area contributed by atoms with Gasteiger partial charge in [0, 0.05) is 7.05 Å². The first-order chi connectivity index (χ1) is 4.09.